The van der Waals surface area contributed by atoms with Gasteiger partial charge in [-0.25, -0.2) is 0 Å². The van der Waals surface area contributed by atoms with E-state index in [1.165, 1.54) is 0 Å². The third-order valence-electron chi connectivity index (χ3n) is 0.329. The van der Waals surface area contributed by atoms with E-state index in [1.807, 2.05) is 19.1 Å². The normalized spacial score (nSPS) is 5.62. The Balaban J connectivity index is -0.0000000267. The molecule has 0 fully saturated rings. The van der Waals surface area contributed by atoms with Gasteiger partial charge < -0.3 is 14.9 Å². The van der Waals surface area contributed by atoms with Crippen molar-refractivity contribution in [3.05, 3.63) is 39.7 Å². The van der Waals surface area contributed by atoms with E-state index in [9.17, 15) is 0 Å². The van der Waals surface area contributed by atoms with Crippen LogP contribution < -0.4 is 0 Å². The van der Waals surface area contributed by atoms with Crippen LogP contribution in [0.1, 0.15) is 6.92 Å². The zero-order valence-electron chi connectivity index (χ0n) is 5.94. The van der Waals surface area contributed by atoms with Gasteiger partial charge in [-0.05, 0) is 6.92 Å². The molecule has 0 N–H and O–H groups in total. The van der Waals surface area contributed by atoms with Gasteiger partial charge in [-0.3, -0.25) is 0 Å². The Bertz CT molecular complexity index is 46.3. The monoisotopic (exact) mass is 146 g/mol. The molecule has 0 spiro atoms. The maximum atomic E-state index is 3.46. The largest absolute Gasteiger partial charge is 2.00 e. The van der Waals surface area contributed by atoms with Gasteiger partial charge in [0, 0.05) is 0 Å². The topological polar surface area (TPSA) is 0 Å². The number of allylic oxidation sites excluding steroid dienone is 3. The minimum Gasteiger partial charge on any atom is -0.358 e. The van der Waals surface area contributed by atoms with Gasteiger partial charge in [0.15, 0.2) is 0 Å². The van der Waals surface area contributed by atoms with Crippen molar-refractivity contribution in [1.29, 1.82) is 0 Å². The quantitative estimate of drug-likeness (QED) is 0.303. The van der Waals surface area contributed by atoms with Gasteiger partial charge in [0.2, 0.25) is 0 Å². The molecule has 0 heterocycles. The molecule has 0 rings (SSSR count). The van der Waals surface area contributed by atoms with E-state index in [1.54, 1.807) is 6.08 Å². The average molecular weight is 146 g/mol. The van der Waals surface area contributed by atoms with Gasteiger partial charge in [-0.1, -0.05) is 24.8 Å². The maximum absolute atomic E-state index is 3.46. The molecule has 0 aliphatic rings. The average Bonchev–Trinajstić information content (AvgIpc) is 1.41. The number of hydrogen-bond acceptors (Lipinski definition) is 0. The molecule has 0 saturated heterocycles. The molecule has 0 aliphatic carbocycles. The first-order valence-electron chi connectivity index (χ1n) is 1.65. The molecule has 0 nitrogen and oxygen atoms in total. The van der Waals surface area contributed by atoms with E-state index in [0.29, 0.717) is 0 Å². The van der Waals surface area contributed by atoms with Crippen molar-refractivity contribution in [2.45, 2.75) is 6.92 Å². The minimum absolute atomic E-state index is 0. The van der Waals surface area contributed by atoms with Gasteiger partial charge in [0.25, 0.3) is 0 Å². The molecular formula is C7H14Ti. The van der Waals surface area contributed by atoms with Crippen molar-refractivity contribution >= 4 is 0 Å². The summed E-state index contributed by atoms with van der Waals surface area (Å²) in [5.74, 6) is 0. The van der Waals surface area contributed by atoms with Crippen molar-refractivity contribution in [2.24, 2.45) is 0 Å². The standard InChI is InChI=1S/C5H8.2CH3.Ti/c1-3-5-4-2;;;/h3-5H,1H2,2H3;2*1H3;/q;2*-1;+2. The molecular weight excluding hydrogens is 132 g/mol. The van der Waals surface area contributed by atoms with Crippen LogP contribution >= 0.6 is 0 Å². The van der Waals surface area contributed by atoms with Gasteiger partial charge in [0.05, 0.1) is 0 Å². The summed E-state index contributed by atoms with van der Waals surface area (Å²) < 4.78 is 0. The van der Waals surface area contributed by atoms with Crippen LogP contribution in [0.2, 0.25) is 0 Å². The summed E-state index contributed by atoms with van der Waals surface area (Å²) in [4.78, 5) is 0. The van der Waals surface area contributed by atoms with Crippen LogP contribution in [-0.4, -0.2) is 0 Å². The minimum atomic E-state index is 0. The van der Waals surface area contributed by atoms with Crippen LogP contribution in [0, 0.1) is 14.9 Å². The number of hydrogen-bond donors (Lipinski definition) is 0. The molecule has 8 heavy (non-hydrogen) atoms. The summed E-state index contributed by atoms with van der Waals surface area (Å²) in [6, 6.07) is 0. The van der Waals surface area contributed by atoms with E-state index in [4.69, 9.17) is 0 Å². The molecule has 0 amide bonds. The molecule has 0 unspecified atom stereocenters. The second-order valence-corrected chi connectivity index (χ2v) is 0.761. The second-order valence-electron chi connectivity index (χ2n) is 0.761. The number of rotatable bonds is 1. The summed E-state index contributed by atoms with van der Waals surface area (Å²) in [5, 5.41) is 0. The first-order chi connectivity index (χ1) is 2.41. The predicted octanol–water partition coefficient (Wildman–Crippen LogP) is 2.65. The van der Waals surface area contributed by atoms with Gasteiger partial charge in [-0.15, -0.1) is 0 Å². The zero-order valence-corrected chi connectivity index (χ0v) is 7.50. The van der Waals surface area contributed by atoms with Crippen LogP contribution in [0.3, 0.4) is 0 Å². The van der Waals surface area contributed by atoms with Crippen molar-refractivity contribution < 1.29 is 21.7 Å². The van der Waals surface area contributed by atoms with Gasteiger partial charge in [-0.2, -0.15) is 0 Å². The Morgan fingerprint density at radius 1 is 1.25 bits per heavy atom. The second kappa shape index (κ2) is 27.1. The van der Waals surface area contributed by atoms with Crippen molar-refractivity contribution in [2.75, 3.05) is 0 Å². The Kier molecular flexibility index (Phi) is 81.5. The molecule has 0 atom stereocenters. The van der Waals surface area contributed by atoms with E-state index in [-0.39, 0.29) is 36.6 Å². The summed E-state index contributed by atoms with van der Waals surface area (Å²) in [7, 11) is 0. The summed E-state index contributed by atoms with van der Waals surface area (Å²) in [6.45, 7) is 5.42. The molecule has 46 valence electrons. The van der Waals surface area contributed by atoms with Crippen LogP contribution in [0.5, 0.6) is 0 Å². The van der Waals surface area contributed by atoms with Crippen molar-refractivity contribution in [1.82, 2.24) is 0 Å². The first-order valence-corrected chi connectivity index (χ1v) is 1.65. The molecule has 0 aliphatic heterocycles. The fourth-order valence-electron chi connectivity index (χ4n) is 0.136. The van der Waals surface area contributed by atoms with E-state index in [0.717, 1.165) is 0 Å². The van der Waals surface area contributed by atoms with Gasteiger partial charge >= 0.3 is 21.7 Å². The fourth-order valence-corrected chi connectivity index (χ4v) is 0.136. The fraction of sp³-hybridized carbons (Fsp3) is 0.143. The SMILES string of the molecule is C=CC=CC.[CH3-].[CH3-].[Ti+2]. The van der Waals surface area contributed by atoms with Crippen LogP contribution in [0.25, 0.3) is 0 Å². The zero-order chi connectivity index (χ0) is 4.12. The Morgan fingerprint density at radius 2 is 1.62 bits per heavy atom. The van der Waals surface area contributed by atoms with Crippen molar-refractivity contribution in [3.8, 4) is 0 Å². The Morgan fingerprint density at radius 3 is 1.62 bits per heavy atom. The van der Waals surface area contributed by atoms with E-state index < -0.39 is 0 Å². The Labute approximate surface area is 68.6 Å². The first kappa shape index (κ1) is 24.1. The van der Waals surface area contributed by atoms with E-state index >= 15 is 0 Å². The van der Waals surface area contributed by atoms with Crippen LogP contribution in [0.4, 0.5) is 0 Å². The van der Waals surface area contributed by atoms with E-state index in [2.05, 4.69) is 6.58 Å². The maximum Gasteiger partial charge on any atom is 2.00 e. The molecule has 0 saturated carbocycles. The Hall–Kier alpha value is 0.194. The molecule has 0 radical (unpaired) electrons. The predicted molar refractivity (Wildman–Crippen MR) is 37.8 cm³/mol. The summed E-state index contributed by atoms with van der Waals surface area (Å²) in [5.41, 5.74) is 0. The molecule has 0 aromatic heterocycles. The van der Waals surface area contributed by atoms with Crippen LogP contribution in [0.15, 0.2) is 24.8 Å². The summed E-state index contributed by atoms with van der Waals surface area (Å²) in [6.07, 6.45) is 5.58. The smallest absolute Gasteiger partial charge is 0.358 e. The van der Waals surface area contributed by atoms with Gasteiger partial charge in [0.1, 0.15) is 0 Å². The molecule has 1 heteroatoms. The molecule has 0 aromatic carbocycles. The molecule has 0 bridgehead atoms. The summed E-state index contributed by atoms with van der Waals surface area (Å²) >= 11 is 0. The third kappa shape index (κ3) is 34.7. The third-order valence-corrected chi connectivity index (χ3v) is 0.329. The molecule has 0 aromatic rings. The van der Waals surface area contributed by atoms with Crippen molar-refractivity contribution in [3.63, 3.8) is 0 Å². The van der Waals surface area contributed by atoms with Crippen LogP contribution in [-0.2, 0) is 21.7 Å².